The predicted octanol–water partition coefficient (Wildman–Crippen LogP) is 0.333. The van der Waals surface area contributed by atoms with Crippen LogP contribution in [0, 0.1) is 6.92 Å². The molecule has 0 aliphatic rings. The fourth-order valence-corrected chi connectivity index (χ4v) is 0.979. The van der Waals surface area contributed by atoms with E-state index in [4.69, 9.17) is 0 Å². The molecule has 0 aliphatic heterocycles. The Bertz CT molecular complexity index is 313. The molecule has 2 N–H and O–H groups in total. The lowest BCUT2D eigenvalue weighted by Gasteiger charge is -2.04. The van der Waals surface area contributed by atoms with Gasteiger partial charge < -0.3 is 10.6 Å². The second-order valence-electron chi connectivity index (χ2n) is 2.97. The summed E-state index contributed by atoms with van der Waals surface area (Å²) < 4.78 is 0. The van der Waals surface area contributed by atoms with Crippen LogP contribution in [-0.2, 0) is 4.79 Å². The lowest BCUT2D eigenvalue weighted by Crippen LogP contribution is -2.21. The lowest BCUT2D eigenvalue weighted by atomic mass is 10.3. The number of amides is 1. The second kappa shape index (κ2) is 5.16. The van der Waals surface area contributed by atoms with Crippen LogP contribution in [0.15, 0.2) is 12.3 Å². The first-order chi connectivity index (χ1) is 6.72. The lowest BCUT2D eigenvalue weighted by molar-refractivity contribution is -0.120. The molecule has 0 radical (unpaired) electrons. The SMILES string of the molecule is CNC(=O)CCNc1cc(C)cnn1. The van der Waals surface area contributed by atoms with Gasteiger partial charge in [-0.15, -0.1) is 5.10 Å². The van der Waals surface area contributed by atoms with Crippen molar-refractivity contribution in [1.29, 1.82) is 0 Å². The van der Waals surface area contributed by atoms with Crippen molar-refractivity contribution in [3.63, 3.8) is 0 Å². The van der Waals surface area contributed by atoms with Gasteiger partial charge in [-0.2, -0.15) is 5.10 Å². The average Bonchev–Trinajstić information content (AvgIpc) is 2.17. The van der Waals surface area contributed by atoms with Gasteiger partial charge in [-0.3, -0.25) is 4.79 Å². The minimum absolute atomic E-state index is 0.0121. The summed E-state index contributed by atoms with van der Waals surface area (Å²) in [4.78, 5) is 10.9. The van der Waals surface area contributed by atoms with Crippen LogP contribution in [-0.4, -0.2) is 29.7 Å². The van der Waals surface area contributed by atoms with E-state index in [-0.39, 0.29) is 5.91 Å². The van der Waals surface area contributed by atoms with E-state index in [1.54, 1.807) is 13.2 Å². The number of hydrogen-bond acceptors (Lipinski definition) is 4. The average molecular weight is 194 g/mol. The summed E-state index contributed by atoms with van der Waals surface area (Å²) in [6.45, 7) is 2.51. The van der Waals surface area contributed by atoms with Gasteiger partial charge in [0.05, 0.1) is 6.20 Å². The molecule has 5 heteroatoms. The van der Waals surface area contributed by atoms with E-state index >= 15 is 0 Å². The molecular weight excluding hydrogens is 180 g/mol. The van der Waals surface area contributed by atoms with Gasteiger partial charge in [0.1, 0.15) is 5.82 Å². The second-order valence-corrected chi connectivity index (χ2v) is 2.97. The quantitative estimate of drug-likeness (QED) is 0.725. The molecule has 5 nitrogen and oxygen atoms in total. The van der Waals surface area contributed by atoms with Crippen molar-refractivity contribution >= 4 is 11.7 Å². The zero-order chi connectivity index (χ0) is 10.4. The van der Waals surface area contributed by atoms with Crippen LogP contribution in [0.4, 0.5) is 5.82 Å². The Hall–Kier alpha value is -1.65. The van der Waals surface area contributed by atoms with Crippen molar-refractivity contribution in [2.45, 2.75) is 13.3 Å². The molecular formula is C9H14N4O. The molecule has 1 aromatic rings. The Kier molecular flexibility index (Phi) is 3.84. The number of nitrogens with one attached hydrogen (secondary N) is 2. The maximum absolute atomic E-state index is 10.9. The molecule has 0 saturated heterocycles. The topological polar surface area (TPSA) is 66.9 Å². The van der Waals surface area contributed by atoms with Crippen LogP contribution >= 0.6 is 0 Å². The molecule has 0 aliphatic carbocycles. The van der Waals surface area contributed by atoms with Gasteiger partial charge in [0.25, 0.3) is 0 Å². The standard InChI is InChI=1S/C9H14N4O/c1-7-5-8(13-12-6-7)11-4-3-9(14)10-2/h5-6H,3-4H2,1-2H3,(H,10,14)(H,11,13). The van der Waals surface area contributed by atoms with Crippen molar-refractivity contribution in [2.75, 3.05) is 18.9 Å². The minimum Gasteiger partial charge on any atom is -0.368 e. The smallest absolute Gasteiger partial charge is 0.221 e. The Balaban J connectivity index is 2.35. The highest BCUT2D eigenvalue weighted by Gasteiger charge is 1.98. The Labute approximate surface area is 82.9 Å². The first-order valence-electron chi connectivity index (χ1n) is 4.46. The van der Waals surface area contributed by atoms with E-state index in [1.165, 1.54) is 0 Å². The number of anilines is 1. The third kappa shape index (κ3) is 3.38. The molecule has 0 bridgehead atoms. The van der Waals surface area contributed by atoms with Crippen molar-refractivity contribution < 1.29 is 4.79 Å². The molecule has 0 spiro atoms. The summed E-state index contributed by atoms with van der Waals surface area (Å²) in [6.07, 6.45) is 2.12. The maximum Gasteiger partial charge on any atom is 0.221 e. The fourth-order valence-electron chi connectivity index (χ4n) is 0.979. The van der Waals surface area contributed by atoms with Crippen LogP contribution in [0.25, 0.3) is 0 Å². The van der Waals surface area contributed by atoms with E-state index in [9.17, 15) is 4.79 Å². The summed E-state index contributed by atoms with van der Waals surface area (Å²) in [7, 11) is 1.62. The zero-order valence-electron chi connectivity index (χ0n) is 8.37. The Morgan fingerprint density at radius 3 is 3.00 bits per heavy atom. The molecule has 0 unspecified atom stereocenters. The molecule has 1 aromatic heterocycles. The van der Waals surface area contributed by atoms with Crippen LogP contribution < -0.4 is 10.6 Å². The molecule has 1 amide bonds. The van der Waals surface area contributed by atoms with E-state index in [2.05, 4.69) is 20.8 Å². The van der Waals surface area contributed by atoms with Crippen molar-refractivity contribution in [3.8, 4) is 0 Å². The third-order valence-electron chi connectivity index (χ3n) is 1.73. The first-order valence-corrected chi connectivity index (χ1v) is 4.46. The highest BCUT2D eigenvalue weighted by atomic mass is 16.1. The third-order valence-corrected chi connectivity index (χ3v) is 1.73. The van der Waals surface area contributed by atoms with Gasteiger partial charge in [-0.25, -0.2) is 0 Å². The number of hydrogen-bond donors (Lipinski definition) is 2. The van der Waals surface area contributed by atoms with Crippen LogP contribution in [0.5, 0.6) is 0 Å². The molecule has 14 heavy (non-hydrogen) atoms. The molecule has 0 aromatic carbocycles. The molecule has 1 rings (SSSR count). The molecule has 1 heterocycles. The Morgan fingerprint density at radius 2 is 2.36 bits per heavy atom. The number of aromatic nitrogens is 2. The van der Waals surface area contributed by atoms with Crippen LogP contribution in [0.1, 0.15) is 12.0 Å². The van der Waals surface area contributed by atoms with Gasteiger partial charge in [-0.1, -0.05) is 0 Å². The van der Waals surface area contributed by atoms with E-state index in [0.29, 0.717) is 18.8 Å². The number of carbonyl (C=O) groups excluding carboxylic acids is 1. The summed E-state index contributed by atoms with van der Waals surface area (Å²) in [5.74, 6) is 0.715. The van der Waals surface area contributed by atoms with Gasteiger partial charge in [0, 0.05) is 20.0 Å². The maximum atomic E-state index is 10.9. The van der Waals surface area contributed by atoms with Gasteiger partial charge in [-0.05, 0) is 18.6 Å². The van der Waals surface area contributed by atoms with Crippen molar-refractivity contribution in [2.24, 2.45) is 0 Å². The first kappa shape index (κ1) is 10.4. The summed E-state index contributed by atoms with van der Waals surface area (Å²) >= 11 is 0. The minimum atomic E-state index is 0.0121. The molecule has 0 fully saturated rings. The number of rotatable bonds is 4. The van der Waals surface area contributed by atoms with E-state index in [0.717, 1.165) is 5.56 Å². The predicted molar refractivity (Wildman–Crippen MR) is 53.9 cm³/mol. The summed E-state index contributed by atoms with van der Waals surface area (Å²) in [6, 6.07) is 1.89. The number of aryl methyl sites for hydroxylation is 1. The number of nitrogens with zero attached hydrogens (tertiary/aromatic N) is 2. The fraction of sp³-hybridized carbons (Fsp3) is 0.444. The highest BCUT2D eigenvalue weighted by molar-refractivity contribution is 5.75. The zero-order valence-corrected chi connectivity index (χ0v) is 8.37. The van der Waals surface area contributed by atoms with E-state index < -0.39 is 0 Å². The Morgan fingerprint density at radius 1 is 1.57 bits per heavy atom. The summed E-state index contributed by atoms with van der Waals surface area (Å²) in [5.41, 5.74) is 1.04. The van der Waals surface area contributed by atoms with E-state index in [1.807, 2.05) is 13.0 Å². The molecule has 76 valence electrons. The van der Waals surface area contributed by atoms with Gasteiger partial charge >= 0.3 is 0 Å². The van der Waals surface area contributed by atoms with Gasteiger partial charge in [0.15, 0.2) is 0 Å². The van der Waals surface area contributed by atoms with Gasteiger partial charge in [0.2, 0.25) is 5.91 Å². The van der Waals surface area contributed by atoms with Crippen LogP contribution in [0.2, 0.25) is 0 Å². The van der Waals surface area contributed by atoms with Crippen molar-refractivity contribution in [3.05, 3.63) is 17.8 Å². The highest BCUT2D eigenvalue weighted by Crippen LogP contribution is 2.02. The number of carbonyl (C=O) groups is 1. The van der Waals surface area contributed by atoms with Crippen LogP contribution in [0.3, 0.4) is 0 Å². The largest absolute Gasteiger partial charge is 0.368 e. The molecule has 0 saturated carbocycles. The molecule has 0 atom stereocenters. The monoisotopic (exact) mass is 194 g/mol. The van der Waals surface area contributed by atoms with Crippen molar-refractivity contribution in [1.82, 2.24) is 15.5 Å². The summed E-state index contributed by atoms with van der Waals surface area (Å²) in [5, 5.41) is 13.2. The normalized spacial score (nSPS) is 9.57.